The Balaban J connectivity index is 1.45. The number of methoxy groups -OCH3 is 1. The molecule has 0 unspecified atom stereocenters. The van der Waals surface area contributed by atoms with Crippen LogP contribution in [0.25, 0.3) is 0 Å². The van der Waals surface area contributed by atoms with Crippen LogP contribution in [0, 0.1) is 10.1 Å². The number of para-hydroxylation sites is 1. The molecule has 0 aliphatic carbocycles. The van der Waals surface area contributed by atoms with Gasteiger partial charge in [-0.1, -0.05) is 24.3 Å². The molecule has 8 heteroatoms. The second-order valence-corrected chi connectivity index (χ2v) is 8.92. The van der Waals surface area contributed by atoms with E-state index in [1.54, 1.807) is 19.2 Å². The van der Waals surface area contributed by atoms with Crippen LogP contribution < -0.4 is 15.0 Å². The number of alkyl halides is 1. The normalized spacial score (nSPS) is 16.2. The quantitative estimate of drug-likeness (QED) is 0.302. The second-order valence-electron chi connectivity index (χ2n) is 8.65. The average Bonchev–Trinajstić information content (AvgIpc) is 3.17. The van der Waals surface area contributed by atoms with Crippen LogP contribution in [0.5, 0.6) is 5.75 Å². The van der Waals surface area contributed by atoms with Gasteiger partial charge in [0.15, 0.2) is 0 Å². The summed E-state index contributed by atoms with van der Waals surface area (Å²) in [5.41, 5.74) is 6.04. The van der Waals surface area contributed by atoms with Gasteiger partial charge >= 0.3 is 0 Å². The molecule has 2 aliphatic heterocycles. The maximum atomic E-state index is 13.6. The average molecular weight is 478 g/mol. The third-order valence-electron chi connectivity index (χ3n) is 6.56. The number of carbonyl (C=O) groups is 1. The number of nitro benzene ring substituents is 1. The number of hydrogen-bond acceptors (Lipinski definition) is 5. The van der Waals surface area contributed by atoms with Gasteiger partial charge in [-0.25, -0.2) is 0 Å². The Kier molecular flexibility index (Phi) is 5.87. The van der Waals surface area contributed by atoms with Crippen molar-refractivity contribution in [1.82, 2.24) is 0 Å². The summed E-state index contributed by atoms with van der Waals surface area (Å²) in [6, 6.07) is 16.9. The Labute approximate surface area is 202 Å². The lowest BCUT2D eigenvalue weighted by atomic mass is 9.99. The maximum absolute atomic E-state index is 13.6. The molecule has 1 N–H and O–H groups in total. The molecule has 0 aromatic heterocycles. The van der Waals surface area contributed by atoms with Crippen LogP contribution in [-0.4, -0.2) is 30.5 Å². The lowest BCUT2D eigenvalue weighted by Gasteiger charge is -2.22. The first-order valence-electron chi connectivity index (χ1n) is 11.2. The zero-order valence-electron chi connectivity index (χ0n) is 18.7. The van der Waals surface area contributed by atoms with Gasteiger partial charge in [0.25, 0.3) is 11.6 Å². The Morgan fingerprint density at radius 3 is 2.71 bits per heavy atom. The maximum Gasteiger partial charge on any atom is 0.270 e. The smallest absolute Gasteiger partial charge is 0.270 e. The van der Waals surface area contributed by atoms with E-state index < -0.39 is 4.92 Å². The zero-order valence-corrected chi connectivity index (χ0v) is 19.5. The second kappa shape index (κ2) is 8.99. The first-order chi connectivity index (χ1) is 16.5. The molecule has 5 rings (SSSR count). The molecule has 0 saturated heterocycles. The fourth-order valence-electron chi connectivity index (χ4n) is 4.94. The summed E-state index contributed by atoms with van der Waals surface area (Å²) in [5.74, 6) is 0.803. The van der Waals surface area contributed by atoms with Gasteiger partial charge in [0, 0.05) is 35.9 Å². The predicted octanol–water partition coefficient (Wildman–Crippen LogP) is 5.12. The van der Waals surface area contributed by atoms with E-state index in [9.17, 15) is 14.9 Å². The van der Waals surface area contributed by atoms with Gasteiger partial charge in [0.05, 0.1) is 23.6 Å². The number of non-ortho nitro benzene ring substituents is 1. The highest BCUT2D eigenvalue weighted by atomic mass is 35.5. The molecule has 34 heavy (non-hydrogen) atoms. The van der Waals surface area contributed by atoms with E-state index in [1.165, 1.54) is 11.6 Å². The van der Waals surface area contributed by atoms with Gasteiger partial charge in [-0.05, 0) is 59.7 Å². The summed E-state index contributed by atoms with van der Waals surface area (Å²) in [4.78, 5) is 26.3. The summed E-state index contributed by atoms with van der Waals surface area (Å²) in [6.45, 7) is 0.656. The number of nitrogens with zero attached hydrogens (tertiary/aromatic N) is 2. The fraction of sp³-hybridized carbons (Fsp3) is 0.269. The first-order valence-corrected chi connectivity index (χ1v) is 11.7. The third-order valence-corrected chi connectivity index (χ3v) is 6.86. The molecule has 0 saturated carbocycles. The van der Waals surface area contributed by atoms with Crippen molar-refractivity contribution >= 4 is 34.6 Å². The number of rotatable bonds is 6. The molecular weight excluding hydrogens is 454 g/mol. The van der Waals surface area contributed by atoms with Crippen molar-refractivity contribution in [3.63, 3.8) is 0 Å². The summed E-state index contributed by atoms with van der Waals surface area (Å²) in [5, 5.41) is 14.7. The molecule has 2 aliphatic rings. The minimum Gasteiger partial charge on any atom is -0.496 e. The summed E-state index contributed by atoms with van der Waals surface area (Å²) in [7, 11) is 1.59. The number of hydrogen-bond donors (Lipinski definition) is 1. The minimum absolute atomic E-state index is 0.0368. The standard InChI is InChI=1S/C26H24ClN3O4/c1-34-25-13-22-23(28-15-21-11-18-4-2-3-5-24(18)29(21)26(22)31)12-19(25)7-6-16-8-17(14-27)10-20(9-16)30(32)33/h2-5,8-10,12-13,21,28H,6-7,11,14-15H2,1H3/t21-/m0/s1. The number of amides is 1. The number of carbonyl (C=O) groups excluding carboxylic acids is 1. The number of anilines is 2. The fourth-order valence-corrected chi connectivity index (χ4v) is 5.09. The number of aryl methyl sites for hydroxylation is 2. The largest absolute Gasteiger partial charge is 0.496 e. The number of nitro groups is 1. The SMILES string of the molecule is COc1cc2c(cc1CCc1cc(CCl)cc([N+](=O)[O-])c1)NC[C@@H]1Cc3ccccc3N1C2=O. The van der Waals surface area contributed by atoms with Crippen LogP contribution in [0.1, 0.15) is 32.6 Å². The molecule has 2 heterocycles. The van der Waals surface area contributed by atoms with E-state index in [0.29, 0.717) is 36.3 Å². The van der Waals surface area contributed by atoms with E-state index in [4.69, 9.17) is 16.3 Å². The number of halogens is 1. The summed E-state index contributed by atoms with van der Waals surface area (Å²) in [6.07, 6.45) is 2.00. The molecule has 1 amide bonds. The van der Waals surface area contributed by atoms with Gasteiger partial charge in [-0.3, -0.25) is 14.9 Å². The molecule has 0 spiro atoms. The topological polar surface area (TPSA) is 84.7 Å². The molecule has 1 atom stereocenters. The van der Waals surface area contributed by atoms with Crippen LogP contribution in [0.15, 0.2) is 54.6 Å². The summed E-state index contributed by atoms with van der Waals surface area (Å²) < 4.78 is 5.65. The molecule has 7 nitrogen and oxygen atoms in total. The van der Waals surface area contributed by atoms with Crippen LogP contribution in [0.4, 0.5) is 17.1 Å². The van der Waals surface area contributed by atoms with Gasteiger partial charge in [-0.15, -0.1) is 11.6 Å². The highest BCUT2D eigenvalue weighted by Gasteiger charge is 2.37. The Morgan fingerprint density at radius 1 is 1.15 bits per heavy atom. The Bertz CT molecular complexity index is 1290. The number of fused-ring (bicyclic) bond motifs is 4. The van der Waals surface area contributed by atoms with E-state index in [1.807, 2.05) is 35.2 Å². The summed E-state index contributed by atoms with van der Waals surface area (Å²) >= 11 is 5.93. The molecule has 0 fully saturated rings. The number of benzene rings is 3. The third kappa shape index (κ3) is 3.96. The highest BCUT2D eigenvalue weighted by Crippen LogP contribution is 2.38. The van der Waals surface area contributed by atoms with Gasteiger partial charge in [-0.2, -0.15) is 0 Å². The predicted molar refractivity (Wildman–Crippen MR) is 132 cm³/mol. The van der Waals surface area contributed by atoms with Crippen LogP contribution in [0.2, 0.25) is 0 Å². The lowest BCUT2D eigenvalue weighted by Crippen LogP contribution is -2.39. The van der Waals surface area contributed by atoms with Crippen molar-refractivity contribution < 1.29 is 14.5 Å². The van der Waals surface area contributed by atoms with Crippen molar-refractivity contribution in [2.45, 2.75) is 31.2 Å². The Hall–Kier alpha value is -3.58. The van der Waals surface area contributed by atoms with E-state index in [2.05, 4.69) is 11.4 Å². The number of ether oxygens (including phenoxy) is 1. The van der Waals surface area contributed by atoms with Crippen molar-refractivity contribution in [2.24, 2.45) is 0 Å². The first kappa shape index (κ1) is 22.2. The van der Waals surface area contributed by atoms with Crippen LogP contribution in [0.3, 0.4) is 0 Å². The van der Waals surface area contributed by atoms with Gasteiger partial charge < -0.3 is 15.0 Å². The number of nitrogens with one attached hydrogen (secondary N) is 1. The molecular formula is C26H24ClN3O4. The molecule has 3 aromatic rings. The van der Waals surface area contributed by atoms with Crippen LogP contribution in [-0.2, 0) is 25.1 Å². The van der Waals surface area contributed by atoms with Gasteiger partial charge in [0.2, 0.25) is 0 Å². The van der Waals surface area contributed by atoms with E-state index in [-0.39, 0.29) is 23.5 Å². The van der Waals surface area contributed by atoms with Crippen LogP contribution >= 0.6 is 11.6 Å². The lowest BCUT2D eigenvalue weighted by molar-refractivity contribution is -0.385. The van der Waals surface area contributed by atoms with Crippen molar-refractivity contribution in [3.8, 4) is 5.75 Å². The zero-order chi connectivity index (χ0) is 23.8. The molecule has 174 valence electrons. The molecule has 0 bridgehead atoms. The van der Waals surface area contributed by atoms with E-state index >= 15 is 0 Å². The highest BCUT2D eigenvalue weighted by molar-refractivity contribution is 6.17. The van der Waals surface area contributed by atoms with Crippen molar-refractivity contribution in [3.05, 3.63) is 92.5 Å². The Morgan fingerprint density at radius 2 is 1.94 bits per heavy atom. The minimum atomic E-state index is -0.400. The molecule has 0 radical (unpaired) electrons. The van der Waals surface area contributed by atoms with E-state index in [0.717, 1.165) is 28.9 Å². The molecule has 3 aromatic carbocycles. The van der Waals surface area contributed by atoms with Crippen molar-refractivity contribution in [1.29, 1.82) is 0 Å². The van der Waals surface area contributed by atoms with Crippen molar-refractivity contribution in [2.75, 3.05) is 23.9 Å². The van der Waals surface area contributed by atoms with Gasteiger partial charge in [0.1, 0.15) is 5.75 Å². The monoisotopic (exact) mass is 477 g/mol.